The number of carboxylic acid groups (broad SMARTS) is 2. The molecule has 0 fully saturated rings. The highest BCUT2D eigenvalue weighted by Gasteiger charge is 2.11. The zero-order valence-corrected chi connectivity index (χ0v) is 10.7. The van der Waals surface area contributed by atoms with Crippen molar-refractivity contribution >= 4 is 29.3 Å². The molecular weight excluding hydrogens is 268 g/mol. The van der Waals surface area contributed by atoms with E-state index >= 15 is 0 Å². The molecule has 0 unspecified atom stereocenters. The molecule has 0 aliphatic carbocycles. The fourth-order valence-corrected chi connectivity index (χ4v) is 1.56. The van der Waals surface area contributed by atoms with Gasteiger partial charge < -0.3 is 30.4 Å². The van der Waals surface area contributed by atoms with Gasteiger partial charge in [0, 0.05) is 18.9 Å². The summed E-state index contributed by atoms with van der Waals surface area (Å²) in [6, 6.07) is 7.90. The van der Waals surface area contributed by atoms with Gasteiger partial charge in [0.25, 0.3) is 0 Å². The Morgan fingerprint density at radius 2 is 1.84 bits per heavy atom. The van der Waals surface area contributed by atoms with Crippen LogP contribution in [-0.2, 0) is 16.1 Å². The Bertz CT molecular complexity index is 464. The molecule has 0 saturated carbocycles. The minimum absolute atomic E-state index is 0.0410. The van der Waals surface area contributed by atoms with Crippen molar-refractivity contribution in [3.63, 3.8) is 0 Å². The average molecular weight is 280 g/mol. The van der Waals surface area contributed by atoms with E-state index < -0.39 is 24.4 Å². The van der Waals surface area contributed by atoms with Gasteiger partial charge in [-0.25, -0.2) is 0 Å². The number of thiocarbonyl (C=S) groups is 1. The number of carbonyl (C=O) groups excluding carboxylic acids is 2. The van der Waals surface area contributed by atoms with E-state index in [4.69, 9.17) is 12.2 Å². The molecule has 7 heteroatoms. The molecule has 1 atom stereocenters. The number of nitrogens with one attached hydrogen (secondary N) is 2. The van der Waals surface area contributed by atoms with Crippen molar-refractivity contribution in [2.75, 3.05) is 0 Å². The van der Waals surface area contributed by atoms with Gasteiger partial charge in [-0.1, -0.05) is 30.3 Å². The average Bonchev–Trinajstić information content (AvgIpc) is 2.36. The zero-order valence-electron chi connectivity index (χ0n) is 9.92. The van der Waals surface area contributed by atoms with Gasteiger partial charge >= 0.3 is 0 Å². The molecule has 0 amide bonds. The molecule has 0 aromatic heterocycles. The smallest absolute Gasteiger partial charge is 0.167 e. The van der Waals surface area contributed by atoms with Crippen LogP contribution in [0.25, 0.3) is 0 Å². The normalized spacial score (nSPS) is 11.4. The Labute approximate surface area is 115 Å². The topological polar surface area (TPSA) is 104 Å². The fourth-order valence-electron chi connectivity index (χ4n) is 1.35. The predicted octanol–water partition coefficient (Wildman–Crippen LogP) is -2.09. The Morgan fingerprint density at radius 3 is 2.37 bits per heavy atom. The summed E-state index contributed by atoms with van der Waals surface area (Å²) in [5, 5.41) is 26.2. The summed E-state index contributed by atoms with van der Waals surface area (Å²) in [6.45, 7) is 0.401. The maximum absolute atomic E-state index is 10.7. The first-order valence-corrected chi connectivity index (χ1v) is 5.89. The van der Waals surface area contributed by atoms with Gasteiger partial charge in [0.15, 0.2) is 5.11 Å². The van der Waals surface area contributed by atoms with Crippen LogP contribution in [0.5, 0.6) is 0 Å². The lowest BCUT2D eigenvalue weighted by Gasteiger charge is -2.22. The largest absolute Gasteiger partial charge is 0.550 e. The van der Waals surface area contributed by atoms with Gasteiger partial charge in [0.2, 0.25) is 0 Å². The predicted molar refractivity (Wildman–Crippen MR) is 67.4 cm³/mol. The van der Waals surface area contributed by atoms with Crippen molar-refractivity contribution in [1.29, 1.82) is 0 Å². The second-order valence-corrected chi connectivity index (χ2v) is 4.17. The lowest BCUT2D eigenvalue weighted by Crippen LogP contribution is -2.52. The summed E-state index contributed by atoms with van der Waals surface area (Å²) in [7, 11) is 0. The first kappa shape index (κ1) is 14.9. The van der Waals surface area contributed by atoms with Crippen LogP contribution in [0.2, 0.25) is 0 Å². The number of aliphatic carboxylic acids is 2. The highest BCUT2D eigenvalue weighted by Crippen LogP contribution is 1.97. The third-order valence-electron chi connectivity index (χ3n) is 2.26. The number of carboxylic acids is 2. The van der Waals surface area contributed by atoms with Crippen LogP contribution in [0.4, 0.5) is 0 Å². The molecule has 0 aliphatic heterocycles. The molecule has 0 radical (unpaired) electrons. The summed E-state index contributed by atoms with van der Waals surface area (Å²) in [5.74, 6) is -3.04. The van der Waals surface area contributed by atoms with Crippen molar-refractivity contribution in [2.45, 2.75) is 19.0 Å². The molecule has 0 aliphatic rings. The second-order valence-electron chi connectivity index (χ2n) is 3.76. The molecular formula is C12H12N2O4S-2. The molecule has 0 heterocycles. The summed E-state index contributed by atoms with van der Waals surface area (Å²) in [4.78, 5) is 21.1. The highest BCUT2D eigenvalue weighted by molar-refractivity contribution is 7.80. The van der Waals surface area contributed by atoms with Crippen molar-refractivity contribution in [3.05, 3.63) is 35.9 Å². The van der Waals surface area contributed by atoms with E-state index in [1.54, 1.807) is 0 Å². The quantitative estimate of drug-likeness (QED) is 0.576. The Kier molecular flexibility index (Phi) is 5.74. The number of benzene rings is 1. The van der Waals surface area contributed by atoms with Crippen LogP contribution in [0.3, 0.4) is 0 Å². The first-order chi connectivity index (χ1) is 8.99. The fraction of sp³-hybridized carbons (Fsp3) is 0.250. The zero-order chi connectivity index (χ0) is 14.3. The molecule has 0 bridgehead atoms. The van der Waals surface area contributed by atoms with E-state index in [0.29, 0.717) is 6.54 Å². The van der Waals surface area contributed by atoms with Gasteiger partial charge in [0.05, 0.1) is 12.0 Å². The van der Waals surface area contributed by atoms with E-state index in [9.17, 15) is 19.8 Å². The molecule has 1 aromatic rings. The lowest BCUT2D eigenvalue weighted by atomic mass is 10.2. The monoisotopic (exact) mass is 280 g/mol. The van der Waals surface area contributed by atoms with E-state index in [2.05, 4.69) is 10.6 Å². The van der Waals surface area contributed by atoms with Gasteiger partial charge in [-0.05, 0) is 17.8 Å². The number of carbonyl (C=O) groups is 2. The van der Waals surface area contributed by atoms with E-state index in [0.717, 1.165) is 5.56 Å². The minimum atomic E-state index is -1.55. The van der Waals surface area contributed by atoms with Crippen molar-refractivity contribution < 1.29 is 19.8 Å². The summed E-state index contributed by atoms with van der Waals surface area (Å²) < 4.78 is 0. The Morgan fingerprint density at radius 1 is 1.21 bits per heavy atom. The molecule has 0 saturated heterocycles. The summed E-state index contributed by atoms with van der Waals surface area (Å²) >= 11 is 4.87. The van der Waals surface area contributed by atoms with Crippen molar-refractivity contribution in [1.82, 2.24) is 10.6 Å². The standard InChI is InChI=1S/C12H14N2O4S/c15-10(16)6-9(11(17)18)14-12(19)13-7-8-4-2-1-3-5-8/h1-5,9H,6-7H2,(H,15,16)(H,17,18)(H2,13,14,19)/p-2/t9-/m1/s1. The van der Waals surface area contributed by atoms with Crippen LogP contribution < -0.4 is 20.8 Å². The van der Waals surface area contributed by atoms with Gasteiger partial charge in [-0.3, -0.25) is 0 Å². The number of hydrogen-bond donors (Lipinski definition) is 2. The molecule has 19 heavy (non-hydrogen) atoms. The number of hydrogen-bond acceptors (Lipinski definition) is 5. The van der Waals surface area contributed by atoms with Crippen LogP contribution >= 0.6 is 12.2 Å². The summed E-state index contributed by atoms with van der Waals surface area (Å²) in [6.07, 6.45) is -0.713. The van der Waals surface area contributed by atoms with Crippen molar-refractivity contribution in [2.24, 2.45) is 0 Å². The molecule has 1 aromatic carbocycles. The minimum Gasteiger partial charge on any atom is -0.550 e. The molecule has 102 valence electrons. The third kappa shape index (κ3) is 5.82. The Balaban J connectivity index is 2.45. The first-order valence-electron chi connectivity index (χ1n) is 5.48. The molecule has 1 rings (SSSR count). The van der Waals surface area contributed by atoms with Crippen LogP contribution in [-0.4, -0.2) is 23.1 Å². The maximum Gasteiger partial charge on any atom is 0.167 e. The SMILES string of the molecule is O=C([O-])C[C@@H](NC(=S)NCc1ccccc1)C(=O)[O-]. The van der Waals surface area contributed by atoms with Crippen LogP contribution in [0.1, 0.15) is 12.0 Å². The van der Waals surface area contributed by atoms with Gasteiger partial charge in [0.1, 0.15) is 0 Å². The van der Waals surface area contributed by atoms with Gasteiger partial charge in [-0.2, -0.15) is 0 Å². The van der Waals surface area contributed by atoms with E-state index in [1.165, 1.54) is 0 Å². The maximum atomic E-state index is 10.7. The van der Waals surface area contributed by atoms with E-state index in [-0.39, 0.29) is 5.11 Å². The second kappa shape index (κ2) is 7.32. The molecule has 2 N–H and O–H groups in total. The highest BCUT2D eigenvalue weighted by atomic mass is 32.1. The van der Waals surface area contributed by atoms with E-state index in [1.807, 2.05) is 30.3 Å². The lowest BCUT2D eigenvalue weighted by molar-refractivity contribution is -0.317. The molecule has 0 spiro atoms. The Hall–Kier alpha value is -2.15. The van der Waals surface area contributed by atoms with Crippen LogP contribution in [0, 0.1) is 0 Å². The summed E-state index contributed by atoms with van der Waals surface area (Å²) in [5.41, 5.74) is 0.955. The molecule has 6 nitrogen and oxygen atoms in total. The third-order valence-corrected chi connectivity index (χ3v) is 2.52. The van der Waals surface area contributed by atoms with Crippen LogP contribution in [0.15, 0.2) is 30.3 Å². The van der Waals surface area contributed by atoms with Crippen molar-refractivity contribution in [3.8, 4) is 0 Å². The van der Waals surface area contributed by atoms with Gasteiger partial charge in [-0.15, -0.1) is 0 Å². The number of rotatable bonds is 6.